The van der Waals surface area contributed by atoms with E-state index in [2.05, 4.69) is 5.32 Å². The number of nitriles is 1. The van der Waals surface area contributed by atoms with Crippen LogP contribution < -0.4 is 16.4 Å². The molecule has 0 saturated carbocycles. The summed E-state index contributed by atoms with van der Waals surface area (Å²) in [7, 11) is 0. The Hall–Kier alpha value is -2.07. The normalized spacial score (nSPS) is 11.2. The van der Waals surface area contributed by atoms with Gasteiger partial charge in [0.2, 0.25) is 0 Å². The van der Waals surface area contributed by atoms with Gasteiger partial charge in [-0.15, -0.1) is 0 Å². The Morgan fingerprint density at radius 1 is 1.44 bits per heavy atom. The maximum absolute atomic E-state index is 11.4. The molecule has 0 aliphatic carbocycles. The fourth-order valence-corrected chi connectivity index (χ4v) is 1.16. The van der Waals surface area contributed by atoms with Crippen molar-refractivity contribution in [2.45, 2.75) is 20.3 Å². The fraction of sp³-hybridized carbons (Fsp3) is 0.545. The first-order valence-corrected chi connectivity index (χ1v) is 5.56. The van der Waals surface area contributed by atoms with Crippen molar-refractivity contribution >= 4 is 11.9 Å². The molecule has 0 radical (unpaired) electrons. The van der Waals surface area contributed by atoms with E-state index in [0.717, 1.165) is 6.42 Å². The molecule has 100 valence electrons. The van der Waals surface area contributed by atoms with Gasteiger partial charge in [0, 0.05) is 25.5 Å². The van der Waals surface area contributed by atoms with Crippen molar-refractivity contribution in [3.8, 4) is 6.07 Å². The first kappa shape index (κ1) is 15.9. The van der Waals surface area contributed by atoms with Gasteiger partial charge in [0.05, 0.1) is 0 Å². The molecule has 0 aliphatic rings. The Labute approximate surface area is 106 Å². The quantitative estimate of drug-likeness (QED) is 0.335. The summed E-state index contributed by atoms with van der Waals surface area (Å²) in [6, 6.07) is 0.736. The zero-order valence-electron chi connectivity index (χ0n) is 10.6. The van der Waals surface area contributed by atoms with Crippen LogP contribution in [0.1, 0.15) is 20.3 Å². The molecule has 0 fully saturated rings. The van der Waals surface area contributed by atoms with Crippen LogP contribution in [-0.4, -0.2) is 31.7 Å². The second-order valence-electron chi connectivity index (χ2n) is 3.41. The van der Waals surface area contributed by atoms with Crippen molar-refractivity contribution < 1.29 is 14.3 Å². The highest BCUT2D eigenvalue weighted by atomic mass is 16.5. The van der Waals surface area contributed by atoms with E-state index < -0.39 is 11.9 Å². The van der Waals surface area contributed by atoms with Crippen molar-refractivity contribution in [2.75, 3.05) is 19.8 Å². The summed E-state index contributed by atoms with van der Waals surface area (Å²) >= 11 is 0. The van der Waals surface area contributed by atoms with Crippen molar-refractivity contribution in [2.24, 2.45) is 5.73 Å². The number of nitrogens with two attached hydrogens (primary N) is 1. The third-order valence-electron chi connectivity index (χ3n) is 2.01. The van der Waals surface area contributed by atoms with Crippen LogP contribution in [0.25, 0.3) is 0 Å². The van der Waals surface area contributed by atoms with Gasteiger partial charge in [0.15, 0.2) is 0 Å². The zero-order chi connectivity index (χ0) is 14.0. The highest BCUT2D eigenvalue weighted by molar-refractivity contribution is 6.06. The van der Waals surface area contributed by atoms with Crippen molar-refractivity contribution in [3.63, 3.8) is 0 Å². The summed E-state index contributed by atoms with van der Waals surface area (Å²) in [5, 5.41) is 13.6. The summed E-state index contributed by atoms with van der Waals surface area (Å²) in [4.78, 5) is 21.9. The van der Waals surface area contributed by atoms with Gasteiger partial charge < -0.3 is 15.8 Å². The lowest BCUT2D eigenvalue weighted by Gasteiger charge is -2.08. The fourth-order valence-electron chi connectivity index (χ4n) is 1.16. The molecule has 0 bridgehead atoms. The Balaban J connectivity index is 4.32. The van der Waals surface area contributed by atoms with E-state index >= 15 is 0 Å². The number of hydrogen-bond donors (Lipinski definition) is 3. The maximum atomic E-state index is 11.4. The summed E-state index contributed by atoms with van der Waals surface area (Å²) in [5.74, 6) is -0.806. The molecule has 18 heavy (non-hydrogen) atoms. The molecule has 0 unspecified atom stereocenters. The second kappa shape index (κ2) is 9.01. The van der Waals surface area contributed by atoms with Gasteiger partial charge in [-0.3, -0.25) is 10.1 Å². The monoisotopic (exact) mass is 254 g/mol. The highest BCUT2D eigenvalue weighted by Gasteiger charge is 2.13. The van der Waals surface area contributed by atoms with Crippen molar-refractivity contribution in [3.05, 3.63) is 11.3 Å². The average molecular weight is 254 g/mol. The minimum Gasteiger partial charge on any atom is -0.387 e. The number of carbonyl (C=O) groups is 2. The van der Waals surface area contributed by atoms with Gasteiger partial charge in [0.1, 0.15) is 11.6 Å². The number of imide groups is 1. The SMILES string of the molecule is CCOCCCNC(C)=C(C#N)C(=O)NC(N)=O. The molecule has 0 aliphatic heterocycles. The maximum Gasteiger partial charge on any atom is 0.319 e. The van der Waals surface area contributed by atoms with E-state index in [-0.39, 0.29) is 5.57 Å². The molecule has 0 saturated heterocycles. The van der Waals surface area contributed by atoms with Gasteiger partial charge in [-0.25, -0.2) is 4.79 Å². The smallest absolute Gasteiger partial charge is 0.319 e. The number of amides is 3. The molecule has 7 nitrogen and oxygen atoms in total. The van der Waals surface area contributed by atoms with E-state index in [9.17, 15) is 9.59 Å². The number of hydrogen-bond acceptors (Lipinski definition) is 5. The average Bonchev–Trinajstić information content (AvgIpc) is 2.28. The first-order chi connectivity index (χ1) is 8.52. The van der Waals surface area contributed by atoms with Crippen molar-refractivity contribution in [1.82, 2.24) is 10.6 Å². The molecular formula is C11H18N4O3. The number of primary amides is 1. The number of rotatable bonds is 7. The van der Waals surface area contributed by atoms with E-state index in [1.54, 1.807) is 13.0 Å². The van der Waals surface area contributed by atoms with Crippen LogP contribution in [0.4, 0.5) is 4.79 Å². The van der Waals surface area contributed by atoms with Gasteiger partial charge in [-0.05, 0) is 20.3 Å². The highest BCUT2D eigenvalue weighted by Crippen LogP contribution is 2.00. The lowest BCUT2D eigenvalue weighted by molar-refractivity contribution is -0.116. The molecule has 4 N–H and O–H groups in total. The third-order valence-corrected chi connectivity index (χ3v) is 2.01. The molecule has 0 spiro atoms. The summed E-state index contributed by atoms with van der Waals surface area (Å²) in [6.45, 7) is 5.31. The van der Waals surface area contributed by atoms with Crippen LogP contribution >= 0.6 is 0 Å². The summed E-state index contributed by atoms with van der Waals surface area (Å²) in [6.07, 6.45) is 0.751. The van der Waals surface area contributed by atoms with Gasteiger partial charge in [-0.2, -0.15) is 5.26 Å². The van der Waals surface area contributed by atoms with Crippen LogP contribution in [-0.2, 0) is 9.53 Å². The molecule has 0 aromatic rings. The van der Waals surface area contributed by atoms with E-state index in [1.165, 1.54) is 0 Å². The number of urea groups is 1. The molecule has 3 amide bonds. The summed E-state index contributed by atoms with van der Waals surface area (Å²) < 4.78 is 5.14. The second-order valence-corrected chi connectivity index (χ2v) is 3.41. The molecule has 0 rings (SSSR count). The molecule has 0 aromatic heterocycles. The Kier molecular flexibility index (Phi) is 7.98. The lowest BCUT2D eigenvalue weighted by Crippen LogP contribution is -2.36. The van der Waals surface area contributed by atoms with Gasteiger partial charge >= 0.3 is 6.03 Å². The van der Waals surface area contributed by atoms with Gasteiger partial charge in [-0.1, -0.05) is 0 Å². The molecular weight excluding hydrogens is 236 g/mol. The molecule has 0 atom stereocenters. The largest absolute Gasteiger partial charge is 0.387 e. The molecule has 0 aromatic carbocycles. The summed E-state index contributed by atoms with van der Waals surface area (Å²) in [5.41, 5.74) is 5.04. The van der Waals surface area contributed by atoms with Crippen LogP contribution in [0.15, 0.2) is 11.3 Å². The van der Waals surface area contributed by atoms with E-state index in [4.69, 9.17) is 15.7 Å². The number of carbonyl (C=O) groups excluding carboxylic acids is 2. The van der Waals surface area contributed by atoms with Crippen LogP contribution in [0.3, 0.4) is 0 Å². The number of ether oxygens (including phenoxy) is 1. The molecule has 7 heteroatoms. The Morgan fingerprint density at radius 3 is 2.61 bits per heavy atom. The molecule has 0 heterocycles. The van der Waals surface area contributed by atoms with Gasteiger partial charge in [0.25, 0.3) is 5.91 Å². The first-order valence-electron chi connectivity index (χ1n) is 5.56. The predicted octanol–water partition coefficient (Wildman–Crippen LogP) is -0.00492. The predicted molar refractivity (Wildman–Crippen MR) is 65.2 cm³/mol. The number of nitrogens with one attached hydrogen (secondary N) is 2. The minimum atomic E-state index is -0.989. The number of allylic oxidation sites excluding steroid dienone is 1. The lowest BCUT2D eigenvalue weighted by atomic mass is 10.2. The standard InChI is InChI=1S/C11H18N4O3/c1-3-18-6-4-5-14-8(2)9(7-12)10(16)15-11(13)17/h14H,3-6H2,1-2H3,(H3,13,15,16,17). The van der Waals surface area contributed by atoms with Crippen LogP contribution in [0.5, 0.6) is 0 Å². The third kappa shape index (κ3) is 6.50. The van der Waals surface area contributed by atoms with E-state index in [1.807, 2.05) is 12.2 Å². The Morgan fingerprint density at radius 2 is 2.11 bits per heavy atom. The Bertz CT molecular complexity index is 371. The van der Waals surface area contributed by atoms with Crippen molar-refractivity contribution in [1.29, 1.82) is 5.26 Å². The van der Waals surface area contributed by atoms with Crippen LogP contribution in [0.2, 0.25) is 0 Å². The number of nitrogens with zero attached hydrogens (tertiary/aromatic N) is 1. The minimum absolute atomic E-state index is 0.162. The van der Waals surface area contributed by atoms with E-state index in [0.29, 0.717) is 25.5 Å². The topological polar surface area (TPSA) is 117 Å². The zero-order valence-corrected chi connectivity index (χ0v) is 10.6. The van der Waals surface area contributed by atoms with Crippen LogP contribution in [0, 0.1) is 11.3 Å².